The van der Waals surface area contributed by atoms with Crippen LogP contribution in [0.2, 0.25) is 0 Å². The monoisotopic (exact) mass is 470 g/mol. The van der Waals surface area contributed by atoms with Crippen molar-refractivity contribution in [2.45, 2.75) is 26.4 Å². The SMILES string of the molecule is CCc1nn(-c2cccc(C(F)(F)F)c2)c(O)c1/N=N/c1c(C)n(C)n(-c2ccccc2)c1=O. The lowest BCUT2D eigenvalue weighted by atomic mass is 10.2. The van der Waals surface area contributed by atoms with Crippen LogP contribution in [0.25, 0.3) is 11.4 Å². The Bertz CT molecular complexity index is 1430. The number of nitrogens with zero attached hydrogens (tertiary/aromatic N) is 6. The number of para-hydroxylation sites is 1. The number of alkyl halides is 3. The molecule has 0 aliphatic heterocycles. The number of halogens is 3. The molecule has 1 N–H and O–H groups in total. The summed E-state index contributed by atoms with van der Waals surface area (Å²) in [6.45, 7) is 3.47. The first kappa shape index (κ1) is 23.0. The lowest BCUT2D eigenvalue weighted by molar-refractivity contribution is -0.137. The average molecular weight is 470 g/mol. The van der Waals surface area contributed by atoms with Crippen molar-refractivity contribution in [1.29, 1.82) is 0 Å². The third kappa shape index (κ3) is 4.00. The Morgan fingerprint density at radius 3 is 2.29 bits per heavy atom. The number of aryl methyl sites for hydroxylation is 1. The van der Waals surface area contributed by atoms with Gasteiger partial charge in [-0.25, -0.2) is 4.68 Å². The summed E-state index contributed by atoms with van der Waals surface area (Å²) < 4.78 is 43.4. The van der Waals surface area contributed by atoms with E-state index in [1.807, 2.05) is 6.07 Å². The van der Waals surface area contributed by atoms with E-state index in [-0.39, 0.29) is 17.1 Å². The molecule has 0 fully saturated rings. The zero-order valence-corrected chi connectivity index (χ0v) is 18.6. The van der Waals surface area contributed by atoms with Gasteiger partial charge in [0.1, 0.15) is 0 Å². The van der Waals surface area contributed by atoms with Crippen LogP contribution in [0.4, 0.5) is 24.5 Å². The highest BCUT2D eigenvalue weighted by molar-refractivity contribution is 5.56. The van der Waals surface area contributed by atoms with Gasteiger partial charge in [-0.1, -0.05) is 31.2 Å². The second-order valence-electron chi connectivity index (χ2n) is 7.54. The minimum atomic E-state index is -4.54. The molecule has 8 nitrogen and oxygen atoms in total. The molecule has 0 spiro atoms. The number of aromatic nitrogens is 4. The number of aromatic hydroxyl groups is 1. The fourth-order valence-corrected chi connectivity index (χ4v) is 3.55. The van der Waals surface area contributed by atoms with Crippen LogP contribution in [0.3, 0.4) is 0 Å². The summed E-state index contributed by atoms with van der Waals surface area (Å²) in [5.41, 5.74) is 0.296. The first-order valence-electron chi connectivity index (χ1n) is 10.4. The number of rotatable bonds is 5. The highest BCUT2D eigenvalue weighted by Gasteiger charge is 2.31. The summed E-state index contributed by atoms with van der Waals surface area (Å²) in [5.74, 6) is -0.475. The molecule has 11 heteroatoms. The van der Waals surface area contributed by atoms with Crippen molar-refractivity contribution in [2.24, 2.45) is 17.3 Å². The normalized spacial score (nSPS) is 12.1. The standard InChI is InChI=1S/C23H21F3N6O2/c1-4-18-20(21(33)31(29-18)17-12-8-9-15(13-17)23(24,25)26)28-27-19-14(2)30(3)32(22(19)34)16-10-6-5-7-11-16/h5-13,33H,4H2,1-3H3/b28-27+. The molecule has 0 amide bonds. The minimum Gasteiger partial charge on any atom is -0.492 e. The molecule has 0 aliphatic rings. The summed E-state index contributed by atoms with van der Waals surface area (Å²) >= 11 is 0. The number of hydrogen-bond donors (Lipinski definition) is 1. The molecule has 0 saturated carbocycles. The van der Waals surface area contributed by atoms with Crippen molar-refractivity contribution >= 4 is 11.4 Å². The topological polar surface area (TPSA) is 89.7 Å². The molecule has 2 heterocycles. The van der Waals surface area contributed by atoms with Gasteiger partial charge in [-0.2, -0.15) is 23.0 Å². The highest BCUT2D eigenvalue weighted by atomic mass is 19.4. The second kappa shape index (κ2) is 8.65. The molecule has 4 aromatic rings. The largest absolute Gasteiger partial charge is 0.492 e. The first-order valence-corrected chi connectivity index (χ1v) is 10.4. The molecule has 0 bridgehead atoms. The van der Waals surface area contributed by atoms with Crippen LogP contribution in [0, 0.1) is 6.92 Å². The average Bonchev–Trinajstić information content (AvgIpc) is 3.25. The van der Waals surface area contributed by atoms with Gasteiger partial charge < -0.3 is 5.11 Å². The molecule has 0 unspecified atom stereocenters. The maximum Gasteiger partial charge on any atom is 0.416 e. The quantitative estimate of drug-likeness (QED) is 0.398. The van der Waals surface area contributed by atoms with E-state index in [9.17, 15) is 23.1 Å². The lowest BCUT2D eigenvalue weighted by Crippen LogP contribution is -2.19. The Labute approximate surface area is 192 Å². The van der Waals surface area contributed by atoms with E-state index in [4.69, 9.17) is 0 Å². The molecule has 2 aromatic heterocycles. The van der Waals surface area contributed by atoms with Gasteiger partial charge in [-0.05, 0) is 43.7 Å². The highest BCUT2D eigenvalue weighted by Crippen LogP contribution is 2.36. The fourth-order valence-electron chi connectivity index (χ4n) is 3.55. The van der Waals surface area contributed by atoms with Crippen molar-refractivity contribution in [1.82, 2.24) is 19.1 Å². The number of hydrogen-bond acceptors (Lipinski definition) is 5. The molecular formula is C23H21F3N6O2. The van der Waals surface area contributed by atoms with Gasteiger partial charge in [-0.3, -0.25) is 9.48 Å². The van der Waals surface area contributed by atoms with E-state index in [1.54, 1.807) is 49.8 Å². The van der Waals surface area contributed by atoms with E-state index in [2.05, 4.69) is 15.3 Å². The van der Waals surface area contributed by atoms with E-state index in [0.717, 1.165) is 16.8 Å². The maximum absolute atomic E-state index is 13.1. The number of benzene rings is 2. The molecule has 0 radical (unpaired) electrons. The van der Waals surface area contributed by atoms with Crippen LogP contribution in [0.5, 0.6) is 5.88 Å². The third-order valence-electron chi connectivity index (χ3n) is 5.43. The van der Waals surface area contributed by atoms with Crippen molar-refractivity contribution in [3.8, 4) is 17.3 Å². The molecule has 2 aromatic carbocycles. The lowest BCUT2D eigenvalue weighted by Gasteiger charge is -2.09. The van der Waals surface area contributed by atoms with Crippen LogP contribution < -0.4 is 5.56 Å². The Morgan fingerprint density at radius 2 is 1.65 bits per heavy atom. The van der Waals surface area contributed by atoms with Crippen molar-refractivity contribution in [3.63, 3.8) is 0 Å². The summed E-state index contributed by atoms with van der Waals surface area (Å²) in [4.78, 5) is 13.0. The van der Waals surface area contributed by atoms with Crippen molar-refractivity contribution in [2.75, 3.05) is 0 Å². The smallest absolute Gasteiger partial charge is 0.416 e. The van der Waals surface area contributed by atoms with Crippen molar-refractivity contribution in [3.05, 3.63) is 81.9 Å². The molecular weight excluding hydrogens is 449 g/mol. The number of azo groups is 1. The van der Waals surface area contributed by atoms with Gasteiger partial charge in [0.25, 0.3) is 5.56 Å². The minimum absolute atomic E-state index is 0.0193. The predicted octanol–water partition coefficient (Wildman–Crippen LogP) is 5.37. The van der Waals surface area contributed by atoms with E-state index in [1.165, 1.54) is 16.8 Å². The van der Waals surface area contributed by atoms with Gasteiger partial charge in [0.15, 0.2) is 11.4 Å². The summed E-state index contributed by atoms with van der Waals surface area (Å²) in [6.07, 6.45) is -4.21. The molecule has 4 rings (SSSR count). The van der Waals surface area contributed by atoms with Gasteiger partial charge in [0, 0.05) is 7.05 Å². The summed E-state index contributed by atoms with van der Waals surface area (Å²) in [6, 6.07) is 13.4. The van der Waals surface area contributed by atoms with Gasteiger partial charge in [-0.15, -0.1) is 10.2 Å². The zero-order valence-electron chi connectivity index (χ0n) is 18.6. The van der Waals surface area contributed by atoms with Gasteiger partial charge >= 0.3 is 6.18 Å². The molecule has 0 saturated heterocycles. The van der Waals surface area contributed by atoms with E-state index >= 15 is 0 Å². The van der Waals surface area contributed by atoms with E-state index < -0.39 is 23.2 Å². The Morgan fingerprint density at radius 1 is 1.00 bits per heavy atom. The van der Waals surface area contributed by atoms with Crippen LogP contribution in [0.15, 0.2) is 69.6 Å². The second-order valence-corrected chi connectivity index (χ2v) is 7.54. The van der Waals surface area contributed by atoms with Crippen LogP contribution in [0.1, 0.15) is 23.9 Å². The van der Waals surface area contributed by atoms with Crippen molar-refractivity contribution < 1.29 is 18.3 Å². The molecule has 34 heavy (non-hydrogen) atoms. The molecule has 176 valence electrons. The Kier molecular flexibility index (Phi) is 5.86. The van der Waals surface area contributed by atoms with Gasteiger partial charge in [0.2, 0.25) is 5.88 Å². The van der Waals surface area contributed by atoms with Gasteiger partial charge in [0.05, 0.1) is 28.3 Å². The zero-order chi connectivity index (χ0) is 24.6. The van der Waals surface area contributed by atoms with Crippen LogP contribution in [-0.2, 0) is 19.6 Å². The Hall–Kier alpha value is -4.15. The predicted molar refractivity (Wildman–Crippen MR) is 120 cm³/mol. The molecule has 0 aliphatic carbocycles. The van der Waals surface area contributed by atoms with E-state index in [0.29, 0.717) is 23.5 Å². The summed E-state index contributed by atoms with van der Waals surface area (Å²) in [7, 11) is 1.71. The fraction of sp³-hybridized carbons (Fsp3) is 0.217. The first-order chi connectivity index (χ1) is 16.1. The summed E-state index contributed by atoms with van der Waals surface area (Å²) in [5, 5.41) is 23.1. The third-order valence-corrected chi connectivity index (χ3v) is 5.43. The van der Waals surface area contributed by atoms with Crippen LogP contribution in [-0.4, -0.2) is 24.3 Å². The maximum atomic E-state index is 13.1. The molecule has 0 atom stereocenters. The van der Waals surface area contributed by atoms with Crippen LogP contribution >= 0.6 is 0 Å². The Balaban J connectivity index is 1.78.